The number of nitrogens with zero attached hydrogens (tertiary/aromatic N) is 1. The van der Waals surface area contributed by atoms with Gasteiger partial charge in [-0.2, -0.15) is 0 Å². The number of unbranched alkanes of at least 4 members (excludes halogenated alkanes) is 2. The molecule has 0 bridgehead atoms. The molecule has 0 aliphatic carbocycles. The zero-order valence-corrected chi connectivity index (χ0v) is 10.2. The Morgan fingerprint density at radius 1 is 1.18 bits per heavy atom. The molecular weight excluding hydrogens is 212 g/mol. The number of carbonyl (C=O) groups is 1. The minimum atomic E-state index is 0.194. The van der Waals surface area contributed by atoms with Gasteiger partial charge in [0.1, 0.15) is 0 Å². The topological polar surface area (TPSA) is 46.3 Å². The Balaban J connectivity index is 1.93. The molecule has 3 nitrogen and oxygen atoms in total. The highest BCUT2D eigenvalue weighted by Crippen LogP contribution is 2.18. The van der Waals surface area contributed by atoms with Gasteiger partial charge in [-0.05, 0) is 37.4 Å². The fourth-order valence-electron chi connectivity index (χ4n) is 2.31. The maximum absolute atomic E-state index is 12.2. The van der Waals surface area contributed by atoms with Crippen LogP contribution in [0.15, 0.2) is 24.3 Å². The van der Waals surface area contributed by atoms with E-state index < -0.39 is 0 Å². The van der Waals surface area contributed by atoms with Gasteiger partial charge in [0.15, 0.2) is 0 Å². The van der Waals surface area contributed by atoms with Crippen molar-refractivity contribution in [1.82, 2.24) is 4.90 Å². The zero-order valence-electron chi connectivity index (χ0n) is 10.2. The van der Waals surface area contributed by atoms with Crippen molar-refractivity contribution in [2.24, 2.45) is 5.73 Å². The Hall–Kier alpha value is -1.35. The van der Waals surface area contributed by atoms with Crippen LogP contribution in [0.5, 0.6) is 0 Å². The lowest BCUT2D eigenvalue weighted by Crippen LogP contribution is -2.38. The molecule has 0 spiro atoms. The summed E-state index contributed by atoms with van der Waals surface area (Å²) in [5.74, 6) is 0.194. The summed E-state index contributed by atoms with van der Waals surface area (Å²) in [4.78, 5) is 14.2. The minimum Gasteiger partial charge on any atom is -0.338 e. The first-order valence-electron chi connectivity index (χ1n) is 6.40. The molecule has 0 aromatic heterocycles. The fourth-order valence-corrected chi connectivity index (χ4v) is 2.31. The summed E-state index contributed by atoms with van der Waals surface area (Å²) in [5.41, 5.74) is 7.53. The molecule has 1 amide bonds. The second-order valence-corrected chi connectivity index (χ2v) is 4.55. The van der Waals surface area contributed by atoms with E-state index in [4.69, 9.17) is 5.73 Å². The summed E-state index contributed by atoms with van der Waals surface area (Å²) in [6, 6.07) is 7.93. The first-order valence-corrected chi connectivity index (χ1v) is 6.40. The first kappa shape index (κ1) is 12.1. The van der Waals surface area contributed by atoms with E-state index in [1.807, 2.05) is 23.1 Å². The highest BCUT2D eigenvalue weighted by Gasteiger charge is 2.22. The van der Waals surface area contributed by atoms with Crippen molar-refractivity contribution in [3.05, 3.63) is 35.4 Å². The van der Waals surface area contributed by atoms with Crippen molar-refractivity contribution in [3.63, 3.8) is 0 Å². The number of hydrogen-bond donors (Lipinski definition) is 1. The number of rotatable bonds is 5. The monoisotopic (exact) mass is 232 g/mol. The van der Waals surface area contributed by atoms with E-state index in [-0.39, 0.29) is 5.91 Å². The summed E-state index contributed by atoms with van der Waals surface area (Å²) in [6.07, 6.45) is 4.21. The summed E-state index contributed by atoms with van der Waals surface area (Å²) in [6.45, 7) is 2.47. The molecule has 0 atom stereocenters. The Morgan fingerprint density at radius 2 is 2.00 bits per heavy atom. The Kier molecular flexibility index (Phi) is 4.15. The number of benzene rings is 1. The fraction of sp³-hybridized carbons (Fsp3) is 0.500. The maximum Gasteiger partial charge on any atom is 0.254 e. The molecule has 1 aliphatic rings. The molecule has 3 heteroatoms. The average molecular weight is 232 g/mol. The van der Waals surface area contributed by atoms with Gasteiger partial charge >= 0.3 is 0 Å². The second kappa shape index (κ2) is 5.82. The van der Waals surface area contributed by atoms with Crippen LogP contribution in [0.3, 0.4) is 0 Å². The van der Waals surface area contributed by atoms with E-state index in [1.54, 1.807) is 0 Å². The van der Waals surface area contributed by atoms with Crippen LogP contribution in [0.4, 0.5) is 0 Å². The van der Waals surface area contributed by atoms with Gasteiger partial charge in [0.2, 0.25) is 0 Å². The van der Waals surface area contributed by atoms with Crippen LogP contribution < -0.4 is 5.73 Å². The van der Waals surface area contributed by atoms with Crippen LogP contribution in [0.2, 0.25) is 0 Å². The molecule has 0 saturated heterocycles. The van der Waals surface area contributed by atoms with Gasteiger partial charge in [-0.25, -0.2) is 0 Å². The SMILES string of the molecule is NCCCCCN1CCc2ccccc2C1=O. The lowest BCUT2D eigenvalue weighted by Gasteiger charge is -2.28. The lowest BCUT2D eigenvalue weighted by molar-refractivity contribution is 0.0737. The van der Waals surface area contributed by atoms with Crippen molar-refractivity contribution in [3.8, 4) is 0 Å². The Morgan fingerprint density at radius 3 is 2.82 bits per heavy atom. The molecule has 1 heterocycles. The summed E-state index contributed by atoms with van der Waals surface area (Å²) in [7, 11) is 0. The Bertz CT molecular complexity index is 390. The van der Waals surface area contributed by atoms with E-state index >= 15 is 0 Å². The second-order valence-electron chi connectivity index (χ2n) is 4.55. The van der Waals surface area contributed by atoms with Crippen LogP contribution >= 0.6 is 0 Å². The minimum absolute atomic E-state index is 0.194. The van der Waals surface area contributed by atoms with Gasteiger partial charge < -0.3 is 10.6 Å². The molecule has 2 rings (SSSR count). The largest absolute Gasteiger partial charge is 0.338 e. The standard InChI is InChI=1S/C14H20N2O/c15-9-4-1-5-10-16-11-8-12-6-2-3-7-13(12)14(16)17/h2-3,6-7H,1,4-5,8-11,15H2. The van der Waals surface area contributed by atoms with Gasteiger partial charge in [0.25, 0.3) is 5.91 Å². The molecule has 1 aromatic carbocycles. The predicted molar refractivity (Wildman–Crippen MR) is 69.0 cm³/mol. The number of hydrogen-bond acceptors (Lipinski definition) is 2. The van der Waals surface area contributed by atoms with Crippen molar-refractivity contribution in [1.29, 1.82) is 0 Å². The van der Waals surface area contributed by atoms with Crippen LogP contribution in [-0.4, -0.2) is 30.4 Å². The van der Waals surface area contributed by atoms with E-state index in [2.05, 4.69) is 6.07 Å². The first-order chi connectivity index (χ1) is 8.33. The van der Waals surface area contributed by atoms with Gasteiger partial charge in [0.05, 0.1) is 0 Å². The normalized spacial score (nSPS) is 14.9. The van der Waals surface area contributed by atoms with Crippen molar-refractivity contribution in [2.75, 3.05) is 19.6 Å². The van der Waals surface area contributed by atoms with Crippen LogP contribution in [0, 0.1) is 0 Å². The number of nitrogens with two attached hydrogens (primary N) is 1. The van der Waals surface area contributed by atoms with Gasteiger partial charge in [0, 0.05) is 18.7 Å². The number of carbonyl (C=O) groups excluding carboxylic acids is 1. The molecule has 17 heavy (non-hydrogen) atoms. The molecule has 0 fully saturated rings. The van der Waals surface area contributed by atoms with Crippen LogP contribution in [0.1, 0.15) is 35.2 Å². The van der Waals surface area contributed by atoms with Gasteiger partial charge in [-0.3, -0.25) is 4.79 Å². The van der Waals surface area contributed by atoms with Crippen LogP contribution in [-0.2, 0) is 6.42 Å². The van der Waals surface area contributed by atoms with Gasteiger partial charge in [-0.15, -0.1) is 0 Å². The number of amides is 1. The average Bonchev–Trinajstić information content (AvgIpc) is 2.37. The van der Waals surface area contributed by atoms with Crippen molar-refractivity contribution < 1.29 is 4.79 Å². The number of fused-ring (bicyclic) bond motifs is 1. The Labute approximate surface area is 103 Å². The molecule has 92 valence electrons. The molecule has 2 N–H and O–H groups in total. The summed E-state index contributed by atoms with van der Waals surface area (Å²) >= 11 is 0. The highest BCUT2D eigenvalue weighted by molar-refractivity contribution is 5.96. The molecule has 0 unspecified atom stereocenters. The molecule has 1 aromatic rings. The van der Waals surface area contributed by atoms with Crippen molar-refractivity contribution in [2.45, 2.75) is 25.7 Å². The van der Waals surface area contributed by atoms with E-state index in [9.17, 15) is 4.79 Å². The lowest BCUT2D eigenvalue weighted by atomic mass is 9.99. The van der Waals surface area contributed by atoms with E-state index in [1.165, 1.54) is 5.56 Å². The van der Waals surface area contributed by atoms with Crippen LogP contribution in [0.25, 0.3) is 0 Å². The summed E-state index contributed by atoms with van der Waals surface area (Å²) in [5, 5.41) is 0. The highest BCUT2D eigenvalue weighted by atomic mass is 16.2. The quantitative estimate of drug-likeness (QED) is 0.787. The summed E-state index contributed by atoms with van der Waals surface area (Å²) < 4.78 is 0. The predicted octanol–water partition coefficient (Wildman–Crippen LogP) is 1.81. The third-order valence-electron chi connectivity index (χ3n) is 3.32. The molecular formula is C14H20N2O. The smallest absolute Gasteiger partial charge is 0.254 e. The third-order valence-corrected chi connectivity index (χ3v) is 3.32. The van der Waals surface area contributed by atoms with E-state index in [0.29, 0.717) is 0 Å². The third kappa shape index (κ3) is 2.86. The van der Waals surface area contributed by atoms with Gasteiger partial charge in [-0.1, -0.05) is 24.6 Å². The molecule has 0 radical (unpaired) electrons. The maximum atomic E-state index is 12.2. The van der Waals surface area contributed by atoms with Crippen molar-refractivity contribution >= 4 is 5.91 Å². The van der Waals surface area contributed by atoms with E-state index in [0.717, 1.165) is 50.9 Å². The molecule has 1 aliphatic heterocycles. The molecule has 0 saturated carbocycles. The zero-order chi connectivity index (χ0) is 12.1.